The van der Waals surface area contributed by atoms with Crippen molar-refractivity contribution in [2.24, 2.45) is 0 Å². The molecule has 0 saturated carbocycles. The molecule has 34 heavy (non-hydrogen) atoms. The summed E-state index contributed by atoms with van der Waals surface area (Å²) in [5.41, 5.74) is 5.02. The monoisotopic (exact) mass is 452 g/mol. The second kappa shape index (κ2) is 8.06. The van der Waals surface area contributed by atoms with Crippen molar-refractivity contribution in [1.82, 2.24) is 0 Å². The lowest BCUT2D eigenvalue weighted by Gasteiger charge is -2.34. The van der Waals surface area contributed by atoms with Crippen molar-refractivity contribution >= 4 is 23.1 Å². The van der Waals surface area contributed by atoms with Gasteiger partial charge in [-0.3, -0.25) is 14.5 Å². The van der Waals surface area contributed by atoms with Gasteiger partial charge in [-0.05, 0) is 47.7 Å². The lowest BCUT2D eigenvalue weighted by Crippen LogP contribution is -2.37. The van der Waals surface area contributed by atoms with Crippen LogP contribution in [0.4, 0.5) is 11.4 Å². The number of Topliss-reactive ketones (excluding diaryl/α,β-unsaturated/α-hetero) is 1. The number of fused-ring (bicyclic) bond motifs is 2. The summed E-state index contributed by atoms with van der Waals surface area (Å²) in [7, 11) is 0. The Morgan fingerprint density at radius 1 is 0.912 bits per heavy atom. The van der Waals surface area contributed by atoms with Gasteiger partial charge in [0, 0.05) is 24.6 Å². The molecule has 3 aromatic rings. The van der Waals surface area contributed by atoms with Gasteiger partial charge in [0.25, 0.3) is 0 Å². The predicted molar refractivity (Wildman–Crippen MR) is 129 cm³/mol. The molecule has 6 heteroatoms. The Labute approximate surface area is 197 Å². The van der Waals surface area contributed by atoms with E-state index >= 15 is 0 Å². The summed E-state index contributed by atoms with van der Waals surface area (Å²) in [6.45, 7) is 1.71. The van der Waals surface area contributed by atoms with Crippen molar-refractivity contribution in [3.05, 3.63) is 95.2 Å². The predicted octanol–water partition coefficient (Wildman–Crippen LogP) is 5.34. The van der Waals surface area contributed by atoms with Crippen LogP contribution in [0.5, 0.6) is 11.5 Å². The van der Waals surface area contributed by atoms with Gasteiger partial charge in [0.2, 0.25) is 12.7 Å². The van der Waals surface area contributed by atoms with E-state index in [9.17, 15) is 9.59 Å². The number of hydrogen-bond acceptors (Lipinski definition) is 5. The number of allylic oxidation sites excluding steroid dienone is 1. The molecular formula is C28H24N2O4. The summed E-state index contributed by atoms with van der Waals surface area (Å²) >= 11 is 0. The van der Waals surface area contributed by atoms with E-state index in [2.05, 4.69) is 17.4 Å². The number of rotatable bonds is 2. The zero-order chi connectivity index (χ0) is 23.2. The van der Waals surface area contributed by atoms with E-state index in [1.807, 2.05) is 60.7 Å². The van der Waals surface area contributed by atoms with Crippen molar-refractivity contribution < 1.29 is 19.1 Å². The Kier molecular flexibility index (Phi) is 4.87. The number of ketones is 1. The molecule has 0 bridgehead atoms. The summed E-state index contributed by atoms with van der Waals surface area (Å²) in [6.07, 6.45) is 1.08. The minimum absolute atomic E-state index is 0.0457. The molecule has 1 aliphatic carbocycles. The molecule has 2 atom stereocenters. The summed E-state index contributed by atoms with van der Waals surface area (Å²) < 4.78 is 11.1. The fourth-order valence-electron chi connectivity index (χ4n) is 5.30. The Morgan fingerprint density at radius 2 is 1.68 bits per heavy atom. The number of amides is 1. The Balaban J connectivity index is 1.54. The highest BCUT2D eigenvalue weighted by Gasteiger charge is 2.41. The van der Waals surface area contributed by atoms with Gasteiger partial charge in [0.1, 0.15) is 0 Å². The quantitative estimate of drug-likeness (QED) is 0.569. The second-order valence-corrected chi connectivity index (χ2v) is 8.88. The Morgan fingerprint density at radius 3 is 2.50 bits per heavy atom. The van der Waals surface area contributed by atoms with Crippen LogP contribution in [0.2, 0.25) is 0 Å². The molecule has 2 aliphatic heterocycles. The number of ether oxygens (including phenoxy) is 2. The molecule has 0 fully saturated rings. The smallest absolute Gasteiger partial charge is 0.231 e. The number of carbonyl (C=O) groups excluding carboxylic acids is 2. The first-order valence-corrected chi connectivity index (χ1v) is 11.5. The number of para-hydroxylation sites is 2. The van der Waals surface area contributed by atoms with Gasteiger partial charge in [-0.15, -0.1) is 0 Å². The van der Waals surface area contributed by atoms with Gasteiger partial charge in [-0.25, -0.2) is 0 Å². The van der Waals surface area contributed by atoms with Crippen LogP contribution in [0.1, 0.15) is 42.9 Å². The third-order valence-corrected chi connectivity index (χ3v) is 6.81. The summed E-state index contributed by atoms with van der Waals surface area (Å²) in [5.74, 6) is 1.28. The highest BCUT2D eigenvalue weighted by molar-refractivity contribution is 6.06. The maximum absolute atomic E-state index is 13.8. The van der Waals surface area contributed by atoms with Crippen LogP contribution < -0.4 is 19.7 Å². The molecule has 6 nitrogen and oxygen atoms in total. The average Bonchev–Trinajstić information content (AvgIpc) is 3.26. The van der Waals surface area contributed by atoms with Gasteiger partial charge in [-0.2, -0.15) is 0 Å². The average molecular weight is 453 g/mol. The van der Waals surface area contributed by atoms with Crippen LogP contribution >= 0.6 is 0 Å². The van der Waals surface area contributed by atoms with Crippen LogP contribution in [-0.4, -0.2) is 18.5 Å². The Hall–Kier alpha value is -4.06. The van der Waals surface area contributed by atoms with Crippen molar-refractivity contribution in [2.45, 2.75) is 31.7 Å². The molecule has 170 valence electrons. The van der Waals surface area contributed by atoms with Gasteiger partial charge in [0.05, 0.1) is 17.4 Å². The first-order valence-electron chi connectivity index (χ1n) is 11.5. The lowest BCUT2D eigenvalue weighted by molar-refractivity contribution is -0.117. The molecule has 0 unspecified atom stereocenters. The van der Waals surface area contributed by atoms with Crippen LogP contribution in [0.3, 0.4) is 0 Å². The van der Waals surface area contributed by atoms with Crippen molar-refractivity contribution in [3.8, 4) is 11.5 Å². The lowest BCUT2D eigenvalue weighted by atomic mass is 9.78. The number of nitrogens with one attached hydrogen (secondary N) is 1. The minimum atomic E-state index is -0.567. The molecule has 6 rings (SSSR count). The van der Waals surface area contributed by atoms with Crippen molar-refractivity contribution in [2.75, 3.05) is 17.0 Å². The van der Waals surface area contributed by atoms with Crippen LogP contribution in [0, 0.1) is 0 Å². The highest BCUT2D eigenvalue weighted by Crippen LogP contribution is 2.48. The van der Waals surface area contributed by atoms with E-state index in [1.165, 1.54) is 0 Å². The molecule has 2 heterocycles. The summed E-state index contributed by atoms with van der Waals surface area (Å²) in [5, 5.41) is 3.54. The first kappa shape index (κ1) is 20.5. The normalized spacial score (nSPS) is 20.9. The molecule has 3 aliphatic rings. The molecule has 1 N–H and O–H groups in total. The van der Waals surface area contributed by atoms with E-state index in [0.29, 0.717) is 29.9 Å². The maximum Gasteiger partial charge on any atom is 0.231 e. The van der Waals surface area contributed by atoms with E-state index < -0.39 is 6.04 Å². The molecule has 0 spiro atoms. The second-order valence-electron chi connectivity index (χ2n) is 8.88. The molecule has 0 saturated heterocycles. The van der Waals surface area contributed by atoms with Crippen LogP contribution in [0.15, 0.2) is 84.1 Å². The largest absolute Gasteiger partial charge is 0.454 e. The number of nitrogens with zero attached hydrogens (tertiary/aromatic N) is 1. The fraction of sp³-hybridized carbons (Fsp3) is 0.214. The van der Waals surface area contributed by atoms with Crippen LogP contribution in [0.25, 0.3) is 0 Å². The molecule has 3 aromatic carbocycles. The summed E-state index contributed by atoms with van der Waals surface area (Å²) in [4.78, 5) is 28.6. The van der Waals surface area contributed by atoms with Crippen molar-refractivity contribution in [1.29, 1.82) is 0 Å². The molecule has 0 aromatic heterocycles. The highest BCUT2D eigenvalue weighted by atomic mass is 16.7. The Bertz CT molecular complexity index is 1330. The van der Waals surface area contributed by atoms with Gasteiger partial charge < -0.3 is 14.8 Å². The number of hydrogen-bond donors (Lipinski definition) is 1. The molecular weight excluding hydrogens is 428 g/mol. The SMILES string of the molecule is CC(=O)N1c2ccccc2NC2=C(C(=O)C[C@@H](c3ccccc3)C2)[C@@H]1c1ccc2c(c1)OCO2. The number of carbonyl (C=O) groups is 2. The van der Waals surface area contributed by atoms with Gasteiger partial charge >= 0.3 is 0 Å². The van der Waals surface area contributed by atoms with Crippen LogP contribution in [-0.2, 0) is 9.59 Å². The first-order chi connectivity index (χ1) is 16.6. The van der Waals surface area contributed by atoms with E-state index in [-0.39, 0.29) is 24.4 Å². The van der Waals surface area contributed by atoms with E-state index in [1.54, 1.807) is 11.8 Å². The van der Waals surface area contributed by atoms with E-state index in [4.69, 9.17) is 9.47 Å². The zero-order valence-electron chi connectivity index (χ0n) is 18.8. The molecule has 1 amide bonds. The maximum atomic E-state index is 13.8. The third kappa shape index (κ3) is 3.34. The van der Waals surface area contributed by atoms with Crippen molar-refractivity contribution in [3.63, 3.8) is 0 Å². The molecule has 0 radical (unpaired) electrons. The minimum Gasteiger partial charge on any atom is -0.454 e. The van der Waals surface area contributed by atoms with Gasteiger partial charge in [-0.1, -0.05) is 48.5 Å². The van der Waals surface area contributed by atoms with E-state index in [0.717, 1.165) is 28.2 Å². The number of benzene rings is 3. The fourth-order valence-corrected chi connectivity index (χ4v) is 5.30. The van der Waals surface area contributed by atoms with Gasteiger partial charge in [0.15, 0.2) is 17.3 Å². The summed E-state index contributed by atoms with van der Waals surface area (Å²) in [6, 6.07) is 22.9. The third-order valence-electron chi connectivity index (χ3n) is 6.81. The zero-order valence-corrected chi connectivity index (χ0v) is 18.8. The number of anilines is 2. The topological polar surface area (TPSA) is 67.9 Å². The standard InChI is InChI=1S/C28H24N2O4/c1-17(31)30-23-10-6-5-9-21(23)29-22-13-20(18-7-3-2-4-8-18)14-24(32)27(22)28(30)19-11-12-25-26(15-19)34-16-33-25/h2-12,15,20,28-29H,13-14,16H2,1H3/t20-,28-/m0/s1.